The van der Waals surface area contributed by atoms with E-state index in [9.17, 15) is 9.59 Å². The van der Waals surface area contributed by atoms with Gasteiger partial charge in [-0.05, 0) is 24.6 Å². The van der Waals surface area contributed by atoms with Crippen molar-refractivity contribution >= 4 is 23.2 Å². The van der Waals surface area contributed by atoms with E-state index in [-0.39, 0.29) is 18.4 Å². The molecule has 4 N–H and O–H groups in total. The third kappa shape index (κ3) is 2.96. The predicted octanol–water partition coefficient (Wildman–Crippen LogP) is -0.0453. The summed E-state index contributed by atoms with van der Waals surface area (Å²) in [4.78, 5) is 25.1. The van der Waals surface area contributed by atoms with E-state index < -0.39 is 0 Å². The number of benzene rings is 1. The molecule has 1 fully saturated rings. The summed E-state index contributed by atoms with van der Waals surface area (Å²) in [7, 11) is 1.58. The van der Waals surface area contributed by atoms with E-state index in [2.05, 4.69) is 10.6 Å². The molecule has 0 bridgehead atoms. The summed E-state index contributed by atoms with van der Waals surface area (Å²) in [5, 5.41) is 5.39. The van der Waals surface area contributed by atoms with E-state index in [0.29, 0.717) is 17.8 Å². The van der Waals surface area contributed by atoms with E-state index >= 15 is 0 Å². The molecule has 0 atom stereocenters. The third-order valence-electron chi connectivity index (χ3n) is 3.12. The van der Waals surface area contributed by atoms with Gasteiger partial charge in [0.25, 0.3) is 5.91 Å². The molecule has 1 heterocycles. The molecule has 1 saturated heterocycles. The van der Waals surface area contributed by atoms with Crippen LogP contribution in [0.1, 0.15) is 16.8 Å². The zero-order valence-electron chi connectivity index (χ0n) is 10.9. The van der Waals surface area contributed by atoms with E-state index in [4.69, 9.17) is 5.73 Å². The Bertz CT molecular complexity index is 501. The lowest BCUT2D eigenvalue weighted by Crippen LogP contribution is -2.33. The van der Waals surface area contributed by atoms with Crippen LogP contribution < -0.4 is 21.3 Å². The zero-order valence-corrected chi connectivity index (χ0v) is 10.9. The summed E-state index contributed by atoms with van der Waals surface area (Å²) in [6, 6.07) is 5.10. The summed E-state index contributed by atoms with van der Waals surface area (Å²) < 4.78 is 0. The van der Waals surface area contributed by atoms with E-state index in [0.717, 1.165) is 18.7 Å². The monoisotopic (exact) mass is 262 g/mol. The quantitative estimate of drug-likeness (QED) is 0.652. The number of amides is 2. The number of nitrogens with zero attached hydrogens (tertiary/aromatic N) is 1. The van der Waals surface area contributed by atoms with Gasteiger partial charge in [0, 0.05) is 25.7 Å². The van der Waals surface area contributed by atoms with Crippen molar-refractivity contribution in [2.75, 3.05) is 37.3 Å². The molecule has 2 amide bonds. The first kappa shape index (κ1) is 13.2. The van der Waals surface area contributed by atoms with Crippen molar-refractivity contribution in [1.82, 2.24) is 10.6 Å². The Hall–Kier alpha value is -2.24. The van der Waals surface area contributed by atoms with Gasteiger partial charge in [-0.15, -0.1) is 0 Å². The maximum atomic E-state index is 11.6. The Balaban J connectivity index is 2.31. The second kappa shape index (κ2) is 5.60. The topological polar surface area (TPSA) is 87.5 Å². The number of nitrogens with two attached hydrogens (primary N) is 1. The molecule has 6 heteroatoms. The van der Waals surface area contributed by atoms with E-state index in [1.165, 1.54) is 0 Å². The first-order chi connectivity index (χ1) is 9.11. The molecule has 1 aliphatic rings. The predicted molar refractivity (Wildman–Crippen MR) is 74.1 cm³/mol. The number of anilines is 2. The van der Waals surface area contributed by atoms with Crippen molar-refractivity contribution in [3.05, 3.63) is 23.8 Å². The standard InChI is InChI=1S/C13H18N4O2/c1-15-13(19)9-3-4-10(14)11(7-9)17-6-2-5-16-12(18)8-17/h3-4,7H,2,5-6,8,14H2,1H3,(H,15,19)(H,16,18). The van der Waals surface area contributed by atoms with Gasteiger partial charge in [-0.1, -0.05) is 0 Å². The molecule has 102 valence electrons. The van der Waals surface area contributed by atoms with Crippen LogP contribution in [-0.2, 0) is 4.79 Å². The SMILES string of the molecule is CNC(=O)c1ccc(N)c(N2CCCNC(=O)C2)c1. The molecular weight excluding hydrogens is 244 g/mol. The van der Waals surface area contributed by atoms with Crippen molar-refractivity contribution in [1.29, 1.82) is 0 Å². The van der Waals surface area contributed by atoms with E-state index in [1.54, 1.807) is 25.2 Å². The maximum Gasteiger partial charge on any atom is 0.251 e. The highest BCUT2D eigenvalue weighted by Crippen LogP contribution is 2.25. The van der Waals surface area contributed by atoms with Crippen LogP contribution in [-0.4, -0.2) is 38.5 Å². The Morgan fingerprint density at radius 2 is 2.26 bits per heavy atom. The van der Waals surface area contributed by atoms with Gasteiger partial charge < -0.3 is 21.3 Å². The number of hydrogen-bond acceptors (Lipinski definition) is 4. The molecular formula is C13H18N4O2. The Morgan fingerprint density at radius 1 is 1.47 bits per heavy atom. The summed E-state index contributed by atoms with van der Waals surface area (Å²) in [6.45, 7) is 1.67. The molecule has 1 aliphatic heterocycles. The lowest BCUT2D eigenvalue weighted by molar-refractivity contribution is -0.119. The Labute approximate surface area is 112 Å². The average Bonchev–Trinajstić information content (AvgIpc) is 2.63. The van der Waals surface area contributed by atoms with Crippen LogP contribution in [0.15, 0.2) is 18.2 Å². The molecule has 6 nitrogen and oxygen atoms in total. The number of nitrogens with one attached hydrogen (secondary N) is 2. The zero-order chi connectivity index (χ0) is 13.8. The van der Waals surface area contributed by atoms with Gasteiger partial charge in [-0.3, -0.25) is 9.59 Å². The largest absolute Gasteiger partial charge is 0.397 e. The smallest absolute Gasteiger partial charge is 0.251 e. The summed E-state index contributed by atoms with van der Waals surface area (Å²) >= 11 is 0. The van der Waals surface area contributed by atoms with Crippen LogP contribution in [0.25, 0.3) is 0 Å². The van der Waals surface area contributed by atoms with Gasteiger partial charge in [-0.25, -0.2) is 0 Å². The van der Waals surface area contributed by atoms with Gasteiger partial charge in [0.2, 0.25) is 5.91 Å². The van der Waals surface area contributed by atoms with Crippen LogP contribution in [0.3, 0.4) is 0 Å². The first-order valence-electron chi connectivity index (χ1n) is 6.25. The molecule has 0 radical (unpaired) electrons. The minimum absolute atomic E-state index is 0.0257. The Kier molecular flexibility index (Phi) is 3.89. The minimum atomic E-state index is -0.166. The Morgan fingerprint density at radius 3 is 3.00 bits per heavy atom. The molecule has 0 spiro atoms. The molecule has 19 heavy (non-hydrogen) atoms. The highest BCUT2D eigenvalue weighted by atomic mass is 16.2. The molecule has 0 saturated carbocycles. The number of carbonyl (C=O) groups is 2. The van der Waals surface area contributed by atoms with Crippen molar-refractivity contribution in [2.45, 2.75) is 6.42 Å². The molecule has 1 aromatic carbocycles. The highest BCUT2D eigenvalue weighted by molar-refractivity contribution is 5.96. The number of hydrogen-bond donors (Lipinski definition) is 3. The molecule has 2 rings (SSSR count). The van der Waals surface area contributed by atoms with Crippen molar-refractivity contribution in [3.8, 4) is 0 Å². The van der Waals surface area contributed by atoms with Crippen LogP contribution in [0, 0.1) is 0 Å². The number of rotatable bonds is 2. The fourth-order valence-corrected chi connectivity index (χ4v) is 2.11. The van der Waals surface area contributed by atoms with Gasteiger partial charge in [0.1, 0.15) is 0 Å². The van der Waals surface area contributed by atoms with Crippen molar-refractivity contribution in [2.24, 2.45) is 0 Å². The lowest BCUT2D eigenvalue weighted by atomic mass is 10.1. The van der Waals surface area contributed by atoms with Crippen LogP contribution >= 0.6 is 0 Å². The van der Waals surface area contributed by atoms with Crippen LogP contribution in [0.4, 0.5) is 11.4 Å². The first-order valence-corrected chi connectivity index (χ1v) is 6.25. The van der Waals surface area contributed by atoms with Gasteiger partial charge in [-0.2, -0.15) is 0 Å². The summed E-state index contributed by atoms with van der Waals surface area (Å²) in [5.41, 5.74) is 7.80. The second-order valence-electron chi connectivity index (χ2n) is 4.48. The summed E-state index contributed by atoms with van der Waals surface area (Å²) in [5.74, 6) is -0.192. The fourth-order valence-electron chi connectivity index (χ4n) is 2.11. The maximum absolute atomic E-state index is 11.6. The summed E-state index contributed by atoms with van der Waals surface area (Å²) in [6.07, 6.45) is 0.857. The molecule has 0 aromatic heterocycles. The van der Waals surface area contributed by atoms with Gasteiger partial charge in [0.15, 0.2) is 0 Å². The second-order valence-corrected chi connectivity index (χ2v) is 4.48. The fraction of sp³-hybridized carbons (Fsp3) is 0.385. The normalized spacial score (nSPS) is 15.6. The van der Waals surface area contributed by atoms with Crippen LogP contribution in [0.5, 0.6) is 0 Å². The molecule has 0 aliphatic carbocycles. The van der Waals surface area contributed by atoms with E-state index in [1.807, 2.05) is 4.90 Å². The van der Waals surface area contributed by atoms with Gasteiger partial charge in [0.05, 0.1) is 17.9 Å². The lowest BCUT2D eigenvalue weighted by Gasteiger charge is -2.23. The number of nitrogen functional groups attached to an aromatic ring is 1. The number of carbonyl (C=O) groups excluding carboxylic acids is 2. The molecule has 0 unspecified atom stereocenters. The van der Waals surface area contributed by atoms with Crippen LogP contribution in [0.2, 0.25) is 0 Å². The minimum Gasteiger partial charge on any atom is -0.397 e. The van der Waals surface area contributed by atoms with Crippen molar-refractivity contribution < 1.29 is 9.59 Å². The average molecular weight is 262 g/mol. The third-order valence-corrected chi connectivity index (χ3v) is 3.12. The molecule has 1 aromatic rings. The van der Waals surface area contributed by atoms with Crippen molar-refractivity contribution in [3.63, 3.8) is 0 Å². The highest BCUT2D eigenvalue weighted by Gasteiger charge is 2.18. The van der Waals surface area contributed by atoms with Gasteiger partial charge >= 0.3 is 0 Å².